The number of hydrogen-bond acceptors (Lipinski definition) is 2. The molecule has 0 amide bonds. The second kappa shape index (κ2) is 4.28. The summed E-state index contributed by atoms with van der Waals surface area (Å²) in [6, 6.07) is 0.449. The van der Waals surface area contributed by atoms with Gasteiger partial charge in [0, 0.05) is 25.7 Å². The van der Waals surface area contributed by atoms with Gasteiger partial charge in [0.1, 0.15) is 0 Å². The summed E-state index contributed by atoms with van der Waals surface area (Å²) in [6.07, 6.45) is 0. The number of rotatable bonds is 0. The van der Waals surface area contributed by atoms with Gasteiger partial charge < -0.3 is 21.3 Å². The van der Waals surface area contributed by atoms with Crippen molar-refractivity contribution in [2.45, 2.75) is 13.0 Å². The average Bonchev–Trinajstić information content (AvgIpc) is 2.08. The van der Waals surface area contributed by atoms with Crippen molar-refractivity contribution in [1.29, 1.82) is 5.41 Å². The summed E-state index contributed by atoms with van der Waals surface area (Å²) < 4.78 is 0. The minimum absolute atomic E-state index is 0.242. The number of hydrogen-bond donors (Lipinski definition) is 3. The molecule has 1 unspecified atom stereocenters. The molecule has 0 bridgehead atoms. The first-order valence-electron chi connectivity index (χ1n) is 4.64. The van der Waals surface area contributed by atoms with Crippen LogP contribution in [0.1, 0.15) is 6.92 Å². The van der Waals surface area contributed by atoms with E-state index in [1.54, 1.807) is 0 Å². The largest absolute Gasteiger partial charge is 0.369 e. The van der Waals surface area contributed by atoms with Crippen LogP contribution in [0.3, 0.4) is 0 Å². The van der Waals surface area contributed by atoms with Crippen LogP contribution in [0.5, 0.6) is 0 Å². The minimum Gasteiger partial charge on any atom is -0.369 e. The van der Waals surface area contributed by atoms with Crippen molar-refractivity contribution >= 4 is 11.9 Å². The summed E-state index contributed by atoms with van der Waals surface area (Å²) in [5.74, 6) is 0.103. The summed E-state index contributed by atoms with van der Waals surface area (Å²) in [6.45, 7) is 4.76. The van der Waals surface area contributed by atoms with E-state index in [1.807, 2.05) is 4.90 Å². The van der Waals surface area contributed by atoms with Gasteiger partial charge in [0.2, 0.25) is 5.96 Å². The van der Waals surface area contributed by atoms with Gasteiger partial charge in [0.25, 0.3) is 0 Å². The molecule has 0 aliphatic carbocycles. The van der Waals surface area contributed by atoms with Crippen molar-refractivity contribution in [1.82, 2.24) is 9.80 Å². The molecular weight excluding hydrogens is 180 g/mol. The zero-order chi connectivity index (χ0) is 10.7. The second-order valence-electron chi connectivity index (χ2n) is 3.63. The van der Waals surface area contributed by atoms with Crippen LogP contribution in [0.15, 0.2) is 4.99 Å². The summed E-state index contributed by atoms with van der Waals surface area (Å²) in [5, 5.41) is 7.01. The molecule has 6 heteroatoms. The summed E-state index contributed by atoms with van der Waals surface area (Å²) in [4.78, 5) is 7.94. The van der Waals surface area contributed by atoms with E-state index in [0.717, 1.165) is 19.6 Å². The van der Waals surface area contributed by atoms with Crippen LogP contribution in [-0.4, -0.2) is 54.4 Å². The molecule has 0 radical (unpaired) electrons. The zero-order valence-electron chi connectivity index (χ0n) is 8.70. The molecule has 1 fully saturated rings. The van der Waals surface area contributed by atoms with Crippen LogP contribution in [0, 0.1) is 5.41 Å². The van der Waals surface area contributed by atoms with E-state index in [-0.39, 0.29) is 5.96 Å². The lowest BCUT2D eigenvalue weighted by atomic mass is 10.2. The van der Waals surface area contributed by atoms with E-state index < -0.39 is 0 Å². The maximum Gasteiger partial charge on any atom is 0.215 e. The van der Waals surface area contributed by atoms with Gasteiger partial charge >= 0.3 is 0 Å². The molecule has 0 aromatic carbocycles. The standard InChI is InChI=1S/C8H18N6/c1-6-5-14(4-3-13(6)2)8(11)12-7(9)10/h6H,3-5H2,1-2H3,(H5,9,10,11,12). The SMILES string of the molecule is CC1CN(/C(N)=N/C(=N)N)CCN1C. The van der Waals surface area contributed by atoms with Crippen molar-refractivity contribution in [3.8, 4) is 0 Å². The lowest BCUT2D eigenvalue weighted by Gasteiger charge is -2.38. The van der Waals surface area contributed by atoms with E-state index >= 15 is 0 Å². The number of nitrogens with two attached hydrogens (primary N) is 2. The average molecular weight is 198 g/mol. The van der Waals surface area contributed by atoms with Crippen molar-refractivity contribution in [2.24, 2.45) is 16.5 Å². The molecule has 1 heterocycles. The van der Waals surface area contributed by atoms with Crippen molar-refractivity contribution in [3.63, 3.8) is 0 Å². The highest BCUT2D eigenvalue weighted by molar-refractivity contribution is 5.91. The van der Waals surface area contributed by atoms with Gasteiger partial charge in [-0.1, -0.05) is 0 Å². The lowest BCUT2D eigenvalue weighted by Crippen LogP contribution is -2.54. The van der Waals surface area contributed by atoms with E-state index in [2.05, 4.69) is 23.9 Å². The van der Waals surface area contributed by atoms with Crippen molar-refractivity contribution in [3.05, 3.63) is 0 Å². The first-order chi connectivity index (χ1) is 6.50. The summed E-state index contributed by atoms with van der Waals surface area (Å²) in [5.41, 5.74) is 10.8. The highest BCUT2D eigenvalue weighted by Crippen LogP contribution is 2.05. The number of guanidine groups is 2. The normalized spacial score (nSPS) is 25.1. The Morgan fingerprint density at radius 1 is 1.43 bits per heavy atom. The molecule has 5 N–H and O–H groups in total. The third-order valence-electron chi connectivity index (χ3n) is 2.52. The van der Waals surface area contributed by atoms with Gasteiger partial charge in [-0.2, -0.15) is 4.99 Å². The molecule has 0 saturated carbocycles. The van der Waals surface area contributed by atoms with E-state index in [4.69, 9.17) is 16.9 Å². The van der Waals surface area contributed by atoms with Crippen molar-refractivity contribution in [2.75, 3.05) is 26.7 Å². The molecule has 6 nitrogen and oxygen atoms in total. The van der Waals surface area contributed by atoms with Crippen LogP contribution < -0.4 is 11.5 Å². The first kappa shape index (κ1) is 10.8. The Balaban J connectivity index is 2.58. The Labute approximate surface area is 84.1 Å². The first-order valence-corrected chi connectivity index (χ1v) is 4.64. The highest BCUT2D eigenvalue weighted by atomic mass is 15.3. The Hall–Kier alpha value is -1.30. The molecule has 0 aromatic rings. The maximum absolute atomic E-state index is 7.01. The van der Waals surface area contributed by atoms with Gasteiger partial charge in [-0.3, -0.25) is 5.41 Å². The third kappa shape index (κ3) is 2.59. The topological polar surface area (TPSA) is 94.7 Å². The van der Waals surface area contributed by atoms with Crippen LogP contribution in [0.25, 0.3) is 0 Å². The molecule has 1 atom stereocenters. The molecule has 0 aromatic heterocycles. The zero-order valence-corrected chi connectivity index (χ0v) is 8.70. The lowest BCUT2D eigenvalue weighted by molar-refractivity contribution is 0.152. The fraction of sp³-hybridized carbons (Fsp3) is 0.750. The molecule has 1 aliphatic heterocycles. The second-order valence-corrected chi connectivity index (χ2v) is 3.63. The minimum atomic E-state index is -0.242. The Bertz CT molecular complexity index is 248. The van der Waals surface area contributed by atoms with Gasteiger partial charge in [-0.15, -0.1) is 0 Å². The predicted octanol–water partition coefficient (Wildman–Crippen LogP) is -1.17. The van der Waals surface area contributed by atoms with Crippen molar-refractivity contribution < 1.29 is 0 Å². The quantitative estimate of drug-likeness (QED) is 0.337. The Kier molecular flexibility index (Phi) is 3.29. The van der Waals surface area contributed by atoms with Crippen LogP contribution in [-0.2, 0) is 0 Å². The molecule has 0 spiro atoms. The van der Waals surface area contributed by atoms with E-state index in [0.29, 0.717) is 12.0 Å². The Morgan fingerprint density at radius 3 is 2.57 bits per heavy atom. The van der Waals surface area contributed by atoms with E-state index in [9.17, 15) is 0 Å². The number of piperazine rings is 1. The van der Waals surface area contributed by atoms with E-state index in [1.165, 1.54) is 0 Å². The third-order valence-corrected chi connectivity index (χ3v) is 2.52. The molecule has 1 saturated heterocycles. The smallest absolute Gasteiger partial charge is 0.215 e. The maximum atomic E-state index is 7.01. The molecule has 1 aliphatic rings. The van der Waals surface area contributed by atoms with Gasteiger partial charge in [-0.05, 0) is 14.0 Å². The van der Waals surface area contributed by atoms with Gasteiger partial charge in [-0.25, -0.2) is 0 Å². The number of nitrogens with zero attached hydrogens (tertiary/aromatic N) is 3. The highest BCUT2D eigenvalue weighted by Gasteiger charge is 2.21. The van der Waals surface area contributed by atoms with Crippen LogP contribution in [0.2, 0.25) is 0 Å². The van der Waals surface area contributed by atoms with Gasteiger partial charge in [0.15, 0.2) is 5.96 Å². The number of nitrogens with one attached hydrogen (secondary N) is 1. The molecule has 80 valence electrons. The van der Waals surface area contributed by atoms with Gasteiger partial charge in [0.05, 0.1) is 0 Å². The molecular formula is C8H18N6. The molecule has 1 rings (SSSR count). The number of aliphatic imine (C=N–C) groups is 1. The van der Waals surface area contributed by atoms with Crippen LogP contribution in [0.4, 0.5) is 0 Å². The van der Waals surface area contributed by atoms with Crippen LogP contribution >= 0.6 is 0 Å². The predicted molar refractivity (Wildman–Crippen MR) is 57.2 cm³/mol. The monoisotopic (exact) mass is 198 g/mol. The summed E-state index contributed by atoms with van der Waals surface area (Å²) in [7, 11) is 2.08. The fourth-order valence-electron chi connectivity index (χ4n) is 1.45. The Morgan fingerprint density at radius 2 is 2.07 bits per heavy atom. The molecule has 14 heavy (non-hydrogen) atoms. The fourth-order valence-corrected chi connectivity index (χ4v) is 1.45. The number of likely N-dealkylation sites (N-methyl/N-ethyl adjacent to an activating group) is 1. The summed E-state index contributed by atoms with van der Waals surface area (Å²) >= 11 is 0.